The summed E-state index contributed by atoms with van der Waals surface area (Å²) in [5.74, 6) is -0.391. The minimum absolute atomic E-state index is 0.212. The molecule has 4 rings (SSSR count). The number of carbonyl (C=O) groups excluding carboxylic acids is 3. The molecule has 2 saturated heterocycles. The normalized spacial score (nSPS) is 24.9. The number of hydrogen-bond acceptors (Lipinski definition) is 5. The quantitative estimate of drug-likeness (QED) is 0.763. The van der Waals surface area contributed by atoms with Gasteiger partial charge in [-0.05, 0) is 49.9 Å². The topological polar surface area (TPSA) is 91.4 Å². The van der Waals surface area contributed by atoms with Gasteiger partial charge in [0, 0.05) is 24.7 Å². The van der Waals surface area contributed by atoms with Crippen molar-refractivity contribution in [2.45, 2.75) is 44.2 Å². The van der Waals surface area contributed by atoms with Crippen molar-refractivity contribution < 1.29 is 14.4 Å². The second-order valence-corrected chi connectivity index (χ2v) is 6.70. The molecule has 126 valence electrons. The first-order chi connectivity index (χ1) is 11.6. The average molecular weight is 328 g/mol. The molecule has 0 aliphatic carbocycles. The van der Waals surface area contributed by atoms with Gasteiger partial charge >= 0.3 is 0 Å². The van der Waals surface area contributed by atoms with Gasteiger partial charge in [0.05, 0.1) is 0 Å². The minimum atomic E-state index is -0.577. The van der Waals surface area contributed by atoms with Crippen LogP contribution in [0.1, 0.15) is 53.2 Å². The summed E-state index contributed by atoms with van der Waals surface area (Å²) < 4.78 is 0. The van der Waals surface area contributed by atoms with E-state index in [-0.39, 0.29) is 24.1 Å². The van der Waals surface area contributed by atoms with E-state index in [0.717, 1.165) is 31.5 Å². The Morgan fingerprint density at radius 1 is 1.12 bits per heavy atom. The lowest BCUT2D eigenvalue weighted by molar-refractivity contribution is -0.136. The maximum absolute atomic E-state index is 12.6. The number of carbonyl (C=O) groups is 3. The summed E-state index contributed by atoms with van der Waals surface area (Å²) in [5, 5.41) is 5.67. The molecule has 2 N–H and O–H groups in total. The van der Waals surface area contributed by atoms with Gasteiger partial charge in [0.2, 0.25) is 11.8 Å². The molecule has 1 atom stereocenters. The zero-order valence-corrected chi connectivity index (χ0v) is 13.4. The zero-order valence-electron chi connectivity index (χ0n) is 13.4. The molecule has 0 aromatic carbocycles. The highest BCUT2D eigenvalue weighted by Crippen LogP contribution is 2.31. The summed E-state index contributed by atoms with van der Waals surface area (Å²) in [6.07, 6.45) is 4.60. The van der Waals surface area contributed by atoms with Crippen molar-refractivity contribution in [3.63, 3.8) is 0 Å². The Labute approximate surface area is 139 Å². The van der Waals surface area contributed by atoms with E-state index in [1.807, 2.05) is 0 Å². The molecule has 1 unspecified atom stereocenters. The summed E-state index contributed by atoms with van der Waals surface area (Å²) in [7, 11) is 0. The molecular weight excluding hydrogens is 308 g/mol. The highest BCUT2D eigenvalue weighted by Gasteiger charge is 2.40. The Morgan fingerprint density at radius 2 is 1.92 bits per heavy atom. The fraction of sp³-hybridized carbons (Fsp3) is 0.529. The standard InChI is InChI=1S/C17H20N4O3/c22-14-2-1-13(16(23)20-14)21-9-12-7-11(8-19-15(12)17(21)24)10-3-5-18-6-4-10/h7-8,10,13,18H,1-6,9H2,(H,20,22,23). The smallest absolute Gasteiger partial charge is 0.273 e. The van der Waals surface area contributed by atoms with Crippen LogP contribution in [0, 0.1) is 0 Å². The van der Waals surface area contributed by atoms with Gasteiger partial charge in [-0.25, -0.2) is 0 Å². The Morgan fingerprint density at radius 3 is 2.67 bits per heavy atom. The largest absolute Gasteiger partial charge is 0.321 e. The fourth-order valence-corrected chi connectivity index (χ4v) is 3.84. The Hall–Kier alpha value is -2.28. The van der Waals surface area contributed by atoms with Crippen molar-refractivity contribution in [1.82, 2.24) is 20.5 Å². The van der Waals surface area contributed by atoms with Gasteiger partial charge < -0.3 is 10.2 Å². The van der Waals surface area contributed by atoms with E-state index >= 15 is 0 Å². The van der Waals surface area contributed by atoms with E-state index in [1.54, 1.807) is 11.1 Å². The van der Waals surface area contributed by atoms with Crippen molar-refractivity contribution >= 4 is 17.7 Å². The van der Waals surface area contributed by atoms with Crippen LogP contribution in [0.4, 0.5) is 0 Å². The molecule has 0 saturated carbocycles. The molecule has 2 fully saturated rings. The van der Waals surface area contributed by atoms with Gasteiger partial charge in [0.15, 0.2) is 0 Å². The van der Waals surface area contributed by atoms with Gasteiger partial charge in [-0.1, -0.05) is 0 Å². The number of nitrogens with zero attached hydrogens (tertiary/aromatic N) is 2. The number of amides is 3. The third-order valence-corrected chi connectivity index (χ3v) is 5.19. The van der Waals surface area contributed by atoms with Crippen molar-refractivity contribution in [3.8, 4) is 0 Å². The number of imide groups is 1. The molecule has 0 bridgehead atoms. The average Bonchev–Trinajstić information content (AvgIpc) is 2.92. The van der Waals surface area contributed by atoms with E-state index < -0.39 is 6.04 Å². The highest BCUT2D eigenvalue weighted by molar-refractivity contribution is 6.04. The fourth-order valence-electron chi connectivity index (χ4n) is 3.84. The molecule has 7 heteroatoms. The van der Waals surface area contributed by atoms with Crippen molar-refractivity contribution in [3.05, 3.63) is 29.1 Å². The lowest BCUT2D eigenvalue weighted by Crippen LogP contribution is -2.52. The first-order valence-corrected chi connectivity index (χ1v) is 8.47. The van der Waals surface area contributed by atoms with Gasteiger partial charge in [-0.3, -0.25) is 24.7 Å². The van der Waals surface area contributed by atoms with Crippen LogP contribution in [0.2, 0.25) is 0 Å². The number of hydrogen-bond donors (Lipinski definition) is 2. The van der Waals surface area contributed by atoms with E-state index in [0.29, 0.717) is 24.6 Å². The van der Waals surface area contributed by atoms with Crippen LogP contribution < -0.4 is 10.6 Å². The molecule has 24 heavy (non-hydrogen) atoms. The molecule has 1 aromatic heterocycles. The van der Waals surface area contributed by atoms with E-state index in [2.05, 4.69) is 21.7 Å². The van der Waals surface area contributed by atoms with Crippen LogP contribution in [0.3, 0.4) is 0 Å². The van der Waals surface area contributed by atoms with Crippen LogP contribution in [0.25, 0.3) is 0 Å². The van der Waals surface area contributed by atoms with Crippen LogP contribution in [0.15, 0.2) is 12.3 Å². The van der Waals surface area contributed by atoms with Crippen LogP contribution in [-0.2, 0) is 16.1 Å². The summed E-state index contributed by atoms with van der Waals surface area (Å²) >= 11 is 0. The Kier molecular flexibility index (Phi) is 3.80. The maximum Gasteiger partial charge on any atom is 0.273 e. The predicted octanol–water partition coefficient (Wildman–Crippen LogP) is 0.310. The molecule has 1 aromatic rings. The molecule has 0 radical (unpaired) electrons. The molecule has 0 spiro atoms. The first kappa shape index (κ1) is 15.3. The van der Waals surface area contributed by atoms with E-state index in [9.17, 15) is 14.4 Å². The van der Waals surface area contributed by atoms with Crippen molar-refractivity contribution in [1.29, 1.82) is 0 Å². The molecule has 3 amide bonds. The third-order valence-electron chi connectivity index (χ3n) is 5.19. The van der Waals surface area contributed by atoms with E-state index in [1.165, 1.54) is 5.56 Å². The SMILES string of the molecule is O=C1CCC(N2Cc3cc(C4CCNCC4)cnc3C2=O)C(=O)N1. The molecule has 7 nitrogen and oxygen atoms in total. The molecule has 3 aliphatic rings. The number of piperidine rings is 2. The monoisotopic (exact) mass is 328 g/mol. The van der Waals surface area contributed by atoms with Crippen molar-refractivity contribution in [2.24, 2.45) is 0 Å². The number of nitrogens with one attached hydrogen (secondary N) is 2. The van der Waals surface area contributed by atoms with Gasteiger partial charge in [-0.15, -0.1) is 0 Å². The number of pyridine rings is 1. The summed E-state index contributed by atoms with van der Waals surface area (Å²) in [6.45, 7) is 2.40. The molecular formula is C17H20N4O3. The number of fused-ring (bicyclic) bond motifs is 1. The zero-order chi connectivity index (χ0) is 16.7. The molecule has 4 heterocycles. The Balaban J connectivity index is 1.55. The predicted molar refractivity (Wildman–Crippen MR) is 85.1 cm³/mol. The van der Waals surface area contributed by atoms with Gasteiger partial charge in [0.1, 0.15) is 11.7 Å². The summed E-state index contributed by atoms with van der Waals surface area (Å²) in [4.78, 5) is 41.9. The second-order valence-electron chi connectivity index (χ2n) is 6.70. The van der Waals surface area contributed by atoms with Crippen molar-refractivity contribution in [2.75, 3.05) is 13.1 Å². The van der Waals surface area contributed by atoms with Crippen LogP contribution >= 0.6 is 0 Å². The number of aromatic nitrogens is 1. The summed E-state index contributed by atoms with van der Waals surface area (Å²) in [6, 6.07) is 1.49. The van der Waals surface area contributed by atoms with E-state index in [4.69, 9.17) is 0 Å². The highest BCUT2D eigenvalue weighted by atomic mass is 16.2. The molecule has 3 aliphatic heterocycles. The Bertz CT molecular complexity index is 712. The second kappa shape index (κ2) is 5.98. The van der Waals surface area contributed by atoms with Gasteiger partial charge in [0.25, 0.3) is 5.91 Å². The summed E-state index contributed by atoms with van der Waals surface area (Å²) in [5.41, 5.74) is 2.51. The van der Waals surface area contributed by atoms with Gasteiger partial charge in [-0.2, -0.15) is 0 Å². The van der Waals surface area contributed by atoms with Crippen LogP contribution in [-0.4, -0.2) is 46.7 Å². The minimum Gasteiger partial charge on any atom is -0.321 e. The lowest BCUT2D eigenvalue weighted by Gasteiger charge is -2.29. The third kappa shape index (κ3) is 2.58. The van der Waals surface area contributed by atoms with Crippen LogP contribution in [0.5, 0.6) is 0 Å². The number of rotatable bonds is 2. The maximum atomic E-state index is 12.6. The first-order valence-electron chi connectivity index (χ1n) is 8.47. The lowest BCUT2D eigenvalue weighted by atomic mass is 9.90.